The summed E-state index contributed by atoms with van der Waals surface area (Å²) in [5, 5.41) is 109. The molecule has 0 bridgehead atoms. The molecule has 50 heavy (non-hydrogen) atoms. The summed E-state index contributed by atoms with van der Waals surface area (Å²) in [5.74, 6) is -6.76. The van der Waals surface area contributed by atoms with E-state index < -0.39 is 152 Å². The molecule has 0 aromatic rings. The van der Waals surface area contributed by atoms with Gasteiger partial charge < -0.3 is 85.4 Å². The Kier molecular flexibility index (Phi) is 14.4. The maximum atomic E-state index is 12.7. The van der Waals surface area contributed by atoms with Crippen LogP contribution in [0, 0.1) is 0 Å². The minimum Gasteiger partial charge on any atom is -0.477 e. The molecule has 16 atom stereocenters. The van der Waals surface area contributed by atoms with Crippen LogP contribution in [-0.4, -0.2) is 199 Å². The predicted molar refractivity (Wildman–Crippen MR) is 152 cm³/mol. The van der Waals surface area contributed by atoms with Gasteiger partial charge in [0.1, 0.15) is 67.1 Å². The number of hydrogen-bond donors (Lipinski definition) is 13. The van der Waals surface area contributed by atoms with E-state index in [1.165, 1.54) is 0 Å². The van der Waals surface area contributed by atoms with E-state index in [1.807, 2.05) is 0 Å². The van der Waals surface area contributed by atoms with Crippen molar-refractivity contribution in [2.75, 3.05) is 19.8 Å². The van der Waals surface area contributed by atoms with Crippen molar-refractivity contribution in [3.63, 3.8) is 0 Å². The third kappa shape index (κ3) is 9.77. The average molecular weight is 755 g/mol. The van der Waals surface area contributed by atoms with E-state index >= 15 is 0 Å². The second-order valence-corrected chi connectivity index (χ2v) is 12.9. The lowest BCUT2D eigenvalue weighted by Gasteiger charge is -2.50. The fourth-order valence-corrected chi connectivity index (χ4v) is 6.01. The average Bonchev–Trinajstić information content (AvgIpc) is 3.02. The quantitative estimate of drug-likeness (QED) is 0.0732. The minimum absolute atomic E-state index is 0.789. The lowest BCUT2D eigenvalue weighted by molar-refractivity contribution is -0.380. The molecule has 0 aromatic carbocycles. The van der Waals surface area contributed by atoms with E-state index in [9.17, 15) is 73.9 Å². The number of carboxylic acids is 1. The number of nitrogens with one attached hydrogen (secondary N) is 2. The van der Waals surface area contributed by atoms with E-state index in [-0.39, 0.29) is 0 Å². The van der Waals surface area contributed by atoms with Gasteiger partial charge in [0, 0.05) is 20.3 Å². The number of hydrogen-bond acceptors (Lipinski definition) is 20. The van der Waals surface area contributed by atoms with Crippen LogP contribution in [0.5, 0.6) is 0 Å². The molecule has 3 heterocycles. The zero-order valence-corrected chi connectivity index (χ0v) is 27.1. The van der Waals surface area contributed by atoms with Crippen LogP contribution in [0.15, 0.2) is 0 Å². The standard InChI is InChI=1S/C25H42N2O22S/c1-7(30)26-13-9(32)3-25(24(39)40,48-20(13)15(34)10(33)4-28)49-21-16(35)11(5-29)46-23(18(21)37)47-19-14(27-8(2)31)22(38)45-12(17(19)36)6-44-50(41,42)43/h9-23,28-29,32-38H,3-6H2,1-2H3,(H,26,30)(H,27,31)(H,39,40)(H,41,42,43)/t9-,10+,11+,12+,13+,14+,15+,16-,17-,18+,19+,20+,21-,22+,23-,25-/m0/s1. The minimum atomic E-state index is -5.09. The highest BCUT2D eigenvalue weighted by Gasteiger charge is 2.60. The number of aliphatic hydroxyl groups is 9. The molecule has 13 N–H and O–H groups in total. The topological polar surface area (TPSA) is 387 Å². The summed E-state index contributed by atoms with van der Waals surface area (Å²) in [4.78, 5) is 36.4. The summed E-state index contributed by atoms with van der Waals surface area (Å²) < 4.78 is 62.5. The molecule has 0 aromatic heterocycles. The third-order valence-corrected chi connectivity index (χ3v) is 8.50. The first-order chi connectivity index (χ1) is 23.2. The molecule has 0 aliphatic carbocycles. The molecule has 0 saturated carbocycles. The van der Waals surface area contributed by atoms with Gasteiger partial charge in [-0.05, 0) is 0 Å². The Hall–Kier alpha value is -2.28. The van der Waals surface area contributed by atoms with Crippen molar-refractivity contribution in [2.45, 2.75) is 118 Å². The van der Waals surface area contributed by atoms with Crippen LogP contribution in [0.25, 0.3) is 0 Å². The first-order valence-corrected chi connectivity index (χ1v) is 16.2. The molecule has 24 nitrogen and oxygen atoms in total. The Labute approximate surface area is 283 Å². The van der Waals surface area contributed by atoms with Crippen LogP contribution in [0.4, 0.5) is 0 Å². The van der Waals surface area contributed by atoms with Crippen molar-refractivity contribution in [1.82, 2.24) is 10.6 Å². The molecule has 0 spiro atoms. The Morgan fingerprint density at radius 3 is 2.00 bits per heavy atom. The fraction of sp³-hybridized carbons (Fsp3) is 0.880. The van der Waals surface area contributed by atoms with Crippen molar-refractivity contribution in [1.29, 1.82) is 0 Å². The molecule has 0 radical (unpaired) electrons. The van der Waals surface area contributed by atoms with Crippen molar-refractivity contribution in [2.24, 2.45) is 0 Å². The number of aliphatic hydroxyl groups excluding tert-OH is 9. The summed E-state index contributed by atoms with van der Waals surface area (Å²) in [5.41, 5.74) is 0. The molecule has 2 amide bonds. The molecule has 3 fully saturated rings. The molecular formula is C25H42N2O22S. The zero-order chi connectivity index (χ0) is 37.9. The molecule has 0 unspecified atom stereocenters. The van der Waals surface area contributed by atoms with Crippen LogP contribution < -0.4 is 10.6 Å². The Morgan fingerprint density at radius 1 is 0.900 bits per heavy atom. The molecule has 3 aliphatic heterocycles. The maximum Gasteiger partial charge on any atom is 0.397 e. The van der Waals surface area contributed by atoms with E-state index in [0.29, 0.717) is 0 Å². The van der Waals surface area contributed by atoms with Gasteiger partial charge in [-0.3, -0.25) is 14.1 Å². The number of carbonyl (C=O) groups is 3. The second kappa shape index (κ2) is 17.0. The summed E-state index contributed by atoms with van der Waals surface area (Å²) in [6, 6.07) is -3.30. The number of amides is 2. The van der Waals surface area contributed by atoms with Crippen molar-refractivity contribution in [3.05, 3.63) is 0 Å². The van der Waals surface area contributed by atoms with E-state index in [1.54, 1.807) is 0 Å². The van der Waals surface area contributed by atoms with Crippen LogP contribution >= 0.6 is 0 Å². The Morgan fingerprint density at radius 2 is 1.48 bits per heavy atom. The molecule has 3 saturated heterocycles. The van der Waals surface area contributed by atoms with Crippen molar-refractivity contribution < 1.29 is 106 Å². The number of carbonyl (C=O) groups excluding carboxylic acids is 2. The summed E-state index contributed by atoms with van der Waals surface area (Å²) in [6.45, 7) is -1.27. The number of ether oxygens (including phenoxy) is 5. The lowest BCUT2D eigenvalue weighted by Crippen LogP contribution is -2.71. The van der Waals surface area contributed by atoms with Gasteiger partial charge in [-0.2, -0.15) is 8.42 Å². The SMILES string of the molecule is CC(=O)N[C@@H]1[C@@H](O[C@@H]2O[C@H](CO)[C@H](O)[C@H](O[C@]3(C(=O)O)C[C@H](O)[C@@H](NC(C)=O)[C@H]([C@H](O)[C@H](O)CO)O3)[C@H]2O)[C@@H](O)[C@@H](COS(=O)(=O)O)O[C@H]1O. The smallest absolute Gasteiger partial charge is 0.397 e. The predicted octanol–water partition coefficient (Wildman–Crippen LogP) is -8.25. The highest BCUT2D eigenvalue weighted by Crippen LogP contribution is 2.38. The maximum absolute atomic E-state index is 12.7. The molecular weight excluding hydrogens is 712 g/mol. The van der Waals surface area contributed by atoms with Crippen LogP contribution in [0.2, 0.25) is 0 Å². The molecule has 3 rings (SSSR count). The summed E-state index contributed by atoms with van der Waals surface area (Å²) in [7, 11) is -5.09. The van der Waals surface area contributed by atoms with Gasteiger partial charge in [0.05, 0.1) is 32.0 Å². The second-order valence-electron chi connectivity index (χ2n) is 11.8. The summed E-state index contributed by atoms with van der Waals surface area (Å²) >= 11 is 0. The number of carboxylic acid groups (broad SMARTS) is 1. The Balaban J connectivity index is 1.99. The number of aliphatic carboxylic acids is 1. The van der Waals surface area contributed by atoms with Crippen molar-refractivity contribution >= 4 is 28.2 Å². The van der Waals surface area contributed by atoms with E-state index in [0.717, 1.165) is 13.8 Å². The van der Waals surface area contributed by atoms with Gasteiger partial charge in [0.2, 0.25) is 11.8 Å². The Bertz CT molecular complexity index is 1290. The highest BCUT2D eigenvalue weighted by molar-refractivity contribution is 7.80. The number of rotatable bonds is 14. The van der Waals surface area contributed by atoms with Gasteiger partial charge in [-0.1, -0.05) is 0 Å². The largest absolute Gasteiger partial charge is 0.477 e. The van der Waals surface area contributed by atoms with Gasteiger partial charge in [0.15, 0.2) is 12.6 Å². The van der Waals surface area contributed by atoms with Gasteiger partial charge >= 0.3 is 16.4 Å². The monoisotopic (exact) mass is 754 g/mol. The van der Waals surface area contributed by atoms with Gasteiger partial charge in [-0.15, -0.1) is 0 Å². The van der Waals surface area contributed by atoms with Crippen LogP contribution in [0.3, 0.4) is 0 Å². The van der Waals surface area contributed by atoms with Crippen molar-refractivity contribution in [3.8, 4) is 0 Å². The molecule has 290 valence electrons. The third-order valence-electron chi connectivity index (χ3n) is 8.07. The van der Waals surface area contributed by atoms with Crippen LogP contribution in [-0.2, 0) is 52.7 Å². The van der Waals surface area contributed by atoms with Crippen LogP contribution in [0.1, 0.15) is 20.3 Å². The van der Waals surface area contributed by atoms with E-state index in [4.69, 9.17) is 28.2 Å². The first-order valence-electron chi connectivity index (χ1n) is 14.9. The lowest BCUT2D eigenvalue weighted by atomic mass is 9.88. The van der Waals surface area contributed by atoms with E-state index in [2.05, 4.69) is 14.8 Å². The highest BCUT2D eigenvalue weighted by atomic mass is 32.3. The normalized spacial score (nSPS) is 40.8. The van der Waals surface area contributed by atoms with Gasteiger partial charge in [0.25, 0.3) is 5.79 Å². The summed E-state index contributed by atoms with van der Waals surface area (Å²) in [6.07, 6.45) is -27.6. The fourth-order valence-electron chi connectivity index (χ4n) is 5.70. The first kappa shape index (κ1) is 42.1. The molecule has 25 heteroatoms. The van der Waals surface area contributed by atoms with Gasteiger partial charge in [-0.25, -0.2) is 8.98 Å². The molecule has 3 aliphatic rings. The zero-order valence-electron chi connectivity index (χ0n) is 26.3.